The lowest BCUT2D eigenvalue weighted by Gasteiger charge is -2.10. The highest BCUT2D eigenvalue weighted by atomic mass is 16.6. The Balaban J connectivity index is 2.34. The van der Waals surface area contributed by atoms with Crippen molar-refractivity contribution in [2.75, 3.05) is 19.5 Å². The lowest BCUT2D eigenvalue weighted by molar-refractivity contribution is -0.384. The molecule has 1 N–H and O–H groups in total. The zero-order valence-corrected chi connectivity index (χ0v) is 12.0. The quantitative estimate of drug-likeness (QED) is 0.677. The maximum absolute atomic E-state index is 12.3. The molecule has 2 aromatic carbocycles. The van der Waals surface area contributed by atoms with Crippen LogP contribution in [0.5, 0.6) is 11.5 Å². The van der Waals surface area contributed by atoms with Gasteiger partial charge in [0.1, 0.15) is 17.2 Å². The maximum Gasteiger partial charge on any atom is 0.296 e. The number of anilines is 1. The van der Waals surface area contributed by atoms with Crippen LogP contribution in [0.25, 0.3) is 0 Å². The van der Waals surface area contributed by atoms with Crippen molar-refractivity contribution >= 4 is 17.3 Å². The van der Waals surface area contributed by atoms with Gasteiger partial charge in [-0.05, 0) is 24.3 Å². The second-order valence-electron chi connectivity index (χ2n) is 4.29. The molecule has 0 unspecified atom stereocenters. The van der Waals surface area contributed by atoms with Gasteiger partial charge in [0.05, 0.1) is 30.8 Å². The number of nitro groups is 1. The highest BCUT2D eigenvalue weighted by molar-refractivity contribution is 6.07. The van der Waals surface area contributed by atoms with E-state index in [1.807, 2.05) is 0 Å². The molecule has 7 nitrogen and oxygen atoms in total. The van der Waals surface area contributed by atoms with E-state index in [0.29, 0.717) is 11.5 Å². The Hall–Kier alpha value is -3.09. The number of nitro benzene ring substituents is 1. The Morgan fingerprint density at radius 2 is 1.86 bits per heavy atom. The zero-order chi connectivity index (χ0) is 16.1. The van der Waals surface area contributed by atoms with E-state index in [9.17, 15) is 14.9 Å². The van der Waals surface area contributed by atoms with Crippen LogP contribution in [0.4, 0.5) is 11.4 Å². The fourth-order valence-corrected chi connectivity index (χ4v) is 1.92. The van der Waals surface area contributed by atoms with E-state index < -0.39 is 10.8 Å². The number of nitrogens with zero attached hydrogens (tertiary/aromatic N) is 1. The highest BCUT2D eigenvalue weighted by Gasteiger charge is 2.19. The number of carbonyl (C=O) groups excluding carboxylic acids is 1. The minimum Gasteiger partial charge on any atom is -0.496 e. The summed E-state index contributed by atoms with van der Waals surface area (Å²) >= 11 is 0. The minimum atomic E-state index is -0.583. The van der Waals surface area contributed by atoms with Gasteiger partial charge in [0, 0.05) is 0 Å². The van der Waals surface area contributed by atoms with Gasteiger partial charge < -0.3 is 14.8 Å². The van der Waals surface area contributed by atoms with Crippen LogP contribution in [0.2, 0.25) is 0 Å². The van der Waals surface area contributed by atoms with Gasteiger partial charge in [-0.1, -0.05) is 12.1 Å². The molecule has 0 fully saturated rings. The van der Waals surface area contributed by atoms with Crippen LogP contribution < -0.4 is 14.8 Å². The number of benzene rings is 2. The molecule has 0 spiro atoms. The molecule has 0 aliphatic rings. The molecule has 22 heavy (non-hydrogen) atoms. The second kappa shape index (κ2) is 6.57. The Bertz CT molecular complexity index is 715. The van der Waals surface area contributed by atoms with E-state index in [4.69, 9.17) is 9.47 Å². The first kappa shape index (κ1) is 15.3. The molecule has 0 bridgehead atoms. The van der Waals surface area contributed by atoms with Gasteiger partial charge in [-0.15, -0.1) is 0 Å². The number of amides is 1. The highest BCUT2D eigenvalue weighted by Crippen LogP contribution is 2.30. The predicted molar refractivity (Wildman–Crippen MR) is 80.6 cm³/mol. The molecular weight excluding hydrogens is 288 g/mol. The molecule has 0 radical (unpaired) electrons. The number of hydrogen-bond donors (Lipinski definition) is 1. The molecule has 0 aliphatic carbocycles. The summed E-state index contributed by atoms with van der Waals surface area (Å²) in [7, 11) is 2.86. The van der Waals surface area contributed by atoms with Gasteiger partial charge in [-0.25, -0.2) is 0 Å². The van der Waals surface area contributed by atoms with Crippen molar-refractivity contribution in [2.45, 2.75) is 0 Å². The normalized spacial score (nSPS) is 9.91. The van der Waals surface area contributed by atoms with Crippen molar-refractivity contribution in [1.82, 2.24) is 0 Å². The van der Waals surface area contributed by atoms with Crippen molar-refractivity contribution in [2.24, 2.45) is 0 Å². The first-order valence-electron chi connectivity index (χ1n) is 6.33. The van der Waals surface area contributed by atoms with Crippen molar-refractivity contribution in [1.29, 1.82) is 0 Å². The van der Waals surface area contributed by atoms with Crippen LogP contribution in [0.1, 0.15) is 10.4 Å². The molecule has 2 aromatic rings. The van der Waals surface area contributed by atoms with Crippen LogP contribution in [-0.4, -0.2) is 25.1 Å². The molecule has 0 saturated carbocycles. The molecule has 2 rings (SSSR count). The van der Waals surface area contributed by atoms with Gasteiger partial charge in [-0.2, -0.15) is 0 Å². The third kappa shape index (κ3) is 3.14. The Morgan fingerprint density at radius 3 is 2.50 bits per heavy atom. The number of nitrogens with one attached hydrogen (secondary N) is 1. The number of para-hydroxylation sites is 1. The third-order valence-corrected chi connectivity index (χ3v) is 3.00. The van der Waals surface area contributed by atoms with Crippen LogP contribution in [0.15, 0.2) is 42.5 Å². The predicted octanol–water partition coefficient (Wildman–Crippen LogP) is 2.86. The van der Waals surface area contributed by atoms with E-state index in [1.54, 1.807) is 24.3 Å². The van der Waals surface area contributed by atoms with E-state index in [0.717, 1.165) is 0 Å². The Kier molecular flexibility index (Phi) is 4.57. The van der Waals surface area contributed by atoms with E-state index in [2.05, 4.69) is 5.32 Å². The fourth-order valence-electron chi connectivity index (χ4n) is 1.92. The topological polar surface area (TPSA) is 90.7 Å². The van der Waals surface area contributed by atoms with Crippen LogP contribution in [-0.2, 0) is 0 Å². The first-order valence-corrected chi connectivity index (χ1v) is 6.33. The molecule has 114 valence electrons. The molecular formula is C15H14N2O5. The number of ether oxygens (including phenoxy) is 2. The summed E-state index contributed by atoms with van der Waals surface area (Å²) in [4.78, 5) is 22.8. The molecule has 7 heteroatoms. The average molecular weight is 302 g/mol. The molecule has 0 heterocycles. The molecule has 0 saturated heterocycles. The Morgan fingerprint density at radius 1 is 1.14 bits per heavy atom. The van der Waals surface area contributed by atoms with Crippen LogP contribution in [0.3, 0.4) is 0 Å². The van der Waals surface area contributed by atoms with Gasteiger partial charge in [-0.3, -0.25) is 14.9 Å². The first-order chi connectivity index (χ1) is 10.6. The van der Waals surface area contributed by atoms with E-state index >= 15 is 0 Å². The van der Waals surface area contributed by atoms with Crippen molar-refractivity contribution in [3.8, 4) is 11.5 Å². The standard InChI is InChI=1S/C15H14N2O5/c1-21-10-7-8-12(13(9-10)17(19)20)16-15(18)11-5-3-4-6-14(11)22-2/h3-9H,1-2H3,(H,16,18). The van der Waals surface area contributed by atoms with Crippen molar-refractivity contribution in [3.63, 3.8) is 0 Å². The number of carbonyl (C=O) groups is 1. The van der Waals surface area contributed by atoms with E-state index in [-0.39, 0.29) is 16.9 Å². The average Bonchev–Trinajstić information content (AvgIpc) is 2.54. The monoisotopic (exact) mass is 302 g/mol. The molecule has 0 aromatic heterocycles. The second-order valence-corrected chi connectivity index (χ2v) is 4.29. The van der Waals surface area contributed by atoms with Gasteiger partial charge >= 0.3 is 0 Å². The SMILES string of the molecule is COc1ccc(NC(=O)c2ccccc2OC)c([N+](=O)[O-])c1. The number of hydrogen-bond acceptors (Lipinski definition) is 5. The lowest BCUT2D eigenvalue weighted by atomic mass is 10.1. The summed E-state index contributed by atoms with van der Waals surface area (Å²) < 4.78 is 10.1. The van der Waals surface area contributed by atoms with Crippen molar-refractivity contribution < 1.29 is 19.2 Å². The molecule has 1 amide bonds. The van der Waals surface area contributed by atoms with E-state index in [1.165, 1.54) is 32.4 Å². The summed E-state index contributed by atoms with van der Waals surface area (Å²) in [6.07, 6.45) is 0. The summed E-state index contributed by atoms with van der Waals surface area (Å²) in [6.45, 7) is 0. The maximum atomic E-state index is 12.3. The number of methoxy groups -OCH3 is 2. The molecule has 0 aliphatic heterocycles. The summed E-state index contributed by atoms with van der Waals surface area (Å²) in [6, 6.07) is 10.8. The third-order valence-electron chi connectivity index (χ3n) is 3.00. The fraction of sp³-hybridized carbons (Fsp3) is 0.133. The summed E-state index contributed by atoms with van der Waals surface area (Å²) in [5, 5.41) is 13.6. The lowest BCUT2D eigenvalue weighted by Crippen LogP contribution is -2.14. The molecule has 0 atom stereocenters. The zero-order valence-electron chi connectivity index (χ0n) is 12.0. The van der Waals surface area contributed by atoms with Crippen molar-refractivity contribution in [3.05, 3.63) is 58.1 Å². The van der Waals surface area contributed by atoms with Crippen LogP contribution in [0, 0.1) is 10.1 Å². The van der Waals surface area contributed by atoms with Gasteiger partial charge in [0.2, 0.25) is 0 Å². The Labute approximate surface area is 126 Å². The summed E-state index contributed by atoms with van der Waals surface area (Å²) in [5.74, 6) is 0.226. The summed E-state index contributed by atoms with van der Waals surface area (Å²) in [5.41, 5.74) is 0.124. The van der Waals surface area contributed by atoms with Gasteiger partial charge in [0.25, 0.3) is 11.6 Å². The van der Waals surface area contributed by atoms with Gasteiger partial charge in [0.15, 0.2) is 0 Å². The largest absolute Gasteiger partial charge is 0.496 e. The number of rotatable bonds is 5. The smallest absolute Gasteiger partial charge is 0.296 e. The van der Waals surface area contributed by atoms with Crippen LogP contribution >= 0.6 is 0 Å². The minimum absolute atomic E-state index is 0.0849.